The standard InChI is InChI=1S/C5H12N2O4S.C5H12NO4PS.C5H11NO4S.C5H12NO2PS.C4H10NO4PS.C4H10NO2PS/c1-6-4(5(8)7-9)3-12(2,10)11;1-10-5(7)4(6-11)3-12(2,8)9;1-6-4(5(7)8)3-11(2,9)10;1-8-5(7)4(6-9)3-10-2;1-11(8,9)2-3(5-10)4(6)7;1-7-4(6)3(2-9)5-8/h4,6,9H,3H2,1-2H3,(H,7,8);4,6H,3,11H2,1-2H3;4,6H,3H2,1-2H3,(H,7,8);4,6H,3,9H2,1-2H3;3,5H,2,10H2,1H3,(H,6,7);3,5,9H,2,8H2,1H3. The number of hydroxylamine groups is 1. The highest BCUT2D eigenvalue weighted by atomic mass is 32.2. The van der Waals surface area contributed by atoms with Crippen LogP contribution in [-0.4, -0.2) is 222 Å². The van der Waals surface area contributed by atoms with Crippen molar-refractivity contribution in [2.75, 3.05) is 101 Å². The number of carboxylic acid groups (broad SMARTS) is 2. The molecule has 0 aliphatic carbocycles. The van der Waals surface area contributed by atoms with Crippen LogP contribution in [0.15, 0.2) is 0 Å². The summed E-state index contributed by atoms with van der Waals surface area (Å²) in [6.07, 6.45) is 6.01. The van der Waals surface area contributed by atoms with E-state index in [1.807, 2.05) is 15.6 Å². The van der Waals surface area contributed by atoms with Gasteiger partial charge in [0.1, 0.15) is 75.6 Å². The number of esters is 3. The highest BCUT2D eigenvalue weighted by molar-refractivity contribution is 7.98. The van der Waals surface area contributed by atoms with Crippen molar-refractivity contribution in [3.8, 4) is 0 Å². The average molecular weight is 1140 g/mol. The van der Waals surface area contributed by atoms with Gasteiger partial charge in [-0.25, -0.2) is 39.2 Å². The molecule has 0 aliphatic rings. The minimum Gasteiger partial charge on any atom is -0.480 e. The molecule has 0 saturated carbocycles. The number of thiol groups is 1. The highest BCUT2D eigenvalue weighted by Crippen LogP contribution is 2.00. The lowest BCUT2D eigenvalue weighted by atomic mass is 10.3. The first kappa shape index (κ1) is 75.3. The van der Waals surface area contributed by atoms with Crippen LogP contribution in [0.25, 0.3) is 0 Å². The van der Waals surface area contributed by atoms with E-state index in [-0.39, 0.29) is 41.3 Å². The number of hydrogen-bond acceptors (Lipinski definition) is 26. The van der Waals surface area contributed by atoms with Crippen LogP contribution < -0.4 is 36.5 Å². The number of rotatable bonds is 23. The third-order valence-electron chi connectivity index (χ3n) is 6.38. The van der Waals surface area contributed by atoms with Crippen molar-refractivity contribution < 1.29 is 92.1 Å². The van der Waals surface area contributed by atoms with E-state index < -0.39 is 93.1 Å². The Labute approximate surface area is 400 Å². The molecule has 0 radical (unpaired) electrons. The van der Waals surface area contributed by atoms with Crippen LogP contribution in [0, 0.1) is 0 Å². The molecular formula is C28H67N7O20P4S6. The van der Waals surface area contributed by atoms with Gasteiger partial charge in [-0.3, -0.25) is 54.3 Å². The number of hydrogen-bond donors (Lipinski definition) is 11. The molecule has 10 unspecified atom stereocenters. The Morgan fingerprint density at radius 3 is 1.00 bits per heavy atom. The Kier molecular flexibility index (Phi) is 48.3. The lowest BCUT2D eigenvalue weighted by molar-refractivity contribution is -0.142. The Hall–Kier alpha value is -1.24. The average Bonchev–Trinajstić information content (AvgIpc) is 3.21. The van der Waals surface area contributed by atoms with Crippen LogP contribution in [0.1, 0.15) is 0 Å². The summed E-state index contributed by atoms with van der Waals surface area (Å²) in [4.78, 5) is 63.6. The van der Waals surface area contributed by atoms with E-state index in [1.54, 1.807) is 11.8 Å². The second-order valence-corrected chi connectivity index (χ2v) is 23.6. The predicted molar refractivity (Wildman–Crippen MR) is 265 cm³/mol. The molecule has 0 rings (SSSR count). The van der Waals surface area contributed by atoms with E-state index in [0.29, 0.717) is 5.75 Å². The van der Waals surface area contributed by atoms with Crippen molar-refractivity contribution in [2.45, 2.75) is 36.3 Å². The van der Waals surface area contributed by atoms with Crippen molar-refractivity contribution >= 4 is 137 Å². The summed E-state index contributed by atoms with van der Waals surface area (Å²) in [6, 6.07) is -4.30. The fourth-order valence-electron chi connectivity index (χ4n) is 3.20. The summed E-state index contributed by atoms with van der Waals surface area (Å²) in [5.74, 6) is -4.39. The molecule has 0 aromatic rings. The van der Waals surface area contributed by atoms with Crippen molar-refractivity contribution in [3.63, 3.8) is 0 Å². The zero-order valence-corrected chi connectivity index (χ0v) is 46.9. The number of methoxy groups -OCH3 is 3. The molecule has 1 amide bonds. The highest BCUT2D eigenvalue weighted by Gasteiger charge is 2.23. The summed E-state index contributed by atoms with van der Waals surface area (Å²) in [5.41, 5.74) is 1.37. The lowest BCUT2D eigenvalue weighted by Gasteiger charge is -2.11. The Balaban J connectivity index is -0.000000161. The van der Waals surface area contributed by atoms with E-state index in [2.05, 4.69) is 86.0 Å². The molecule has 0 aromatic heterocycles. The van der Waals surface area contributed by atoms with Gasteiger partial charge in [-0.15, -0.1) is 0 Å². The SMILES string of the molecule is CNC(CS(C)(=O)=O)C(=O)NO.CNC(CS(C)(=O)=O)C(=O)O.COC(=O)C(CS(C)(=O)=O)NP.COC(=O)C(CS)NP.COC(=O)C(CSC)NP.CS(=O)(=O)CC(NP)C(=O)O. The number of aliphatic carboxylic acids is 2. The number of carbonyl (C=O) groups excluding carboxylic acids is 4. The van der Waals surface area contributed by atoms with Gasteiger partial charge in [0.2, 0.25) is 0 Å². The Morgan fingerprint density at radius 1 is 0.538 bits per heavy atom. The molecule has 37 heteroatoms. The number of likely N-dealkylation sites (N-methyl/N-ethyl adjacent to an activating group) is 2. The topological polar surface area (TPSA) is 412 Å². The minimum atomic E-state index is -3.24. The number of carboxylic acids is 2. The molecule has 390 valence electrons. The van der Waals surface area contributed by atoms with Gasteiger partial charge in [-0.2, -0.15) is 24.4 Å². The molecule has 0 heterocycles. The first-order chi connectivity index (χ1) is 29.6. The molecule has 0 spiro atoms. The smallest absolute Gasteiger partial charge is 0.324 e. The molecule has 10 atom stereocenters. The summed E-state index contributed by atoms with van der Waals surface area (Å²) in [5, 5.41) is 40.1. The normalized spacial score (nSPS) is 13.7. The van der Waals surface area contributed by atoms with Crippen molar-refractivity contribution in [2.24, 2.45) is 0 Å². The largest absolute Gasteiger partial charge is 0.480 e. The summed E-state index contributed by atoms with van der Waals surface area (Å²) in [7, 11) is 2.52. The van der Waals surface area contributed by atoms with Crippen LogP contribution in [0.5, 0.6) is 0 Å². The van der Waals surface area contributed by atoms with Gasteiger partial charge >= 0.3 is 29.8 Å². The van der Waals surface area contributed by atoms with E-state index >= 15 is 0 Å². The molecule has 0 bridgehead atoms. The van der Waals surface area contributed by atoms with Crippen molar-refractivity contribution in [1.82, 2.24) is 36.5 Å². The van der Waals surface area contributed by atoms with Gasteiger partial charge in [0.25, 0.3) is 5.91 Å². The number of nitrogens with one attached hydrogen (secondary N) is 7. The molecule has 0 aliphatic heterocycles. The van der Waals surface area contributed by atoms with Crippen LogP contribution >= 0.6 is 62.0 Å². The van der Waals surface area contributed by atoms with Crippen LogP contribution in [0.4, 0.5) is 0 Å². The number of ether oxygens (including phenoxy) is 3. The number of amides is 1. The van der Waals surface area contributed by atoms with Crippen LogP contribution in [-0.2, 0) is 82.3 Å². The second kappa shape index (κ2) is 41.7. The predicted octanol–water partition coefficient (Wildman–Crippen LogP) is -5.25. The number of sulfone groups is 4. The molecular weight excluding hydrogens is 1070 g/mol. The summed E-state index contributed by atoms with van der Waals surface area (Å²) >= 11 is 5.51. The minimum absolute atomic E-state index is 0.204. The zero-order valence-electron chi connectivity index (χ0n) is 37.3. The Bertz CT molecular complexity index is 1730. The van der Waals surface area contributed by atoms with E-state index in [0.717, 1.165) is 30.8 Å². The van der Waals surface area contributed by atoms with E-state index in [9.17, 15) is 62.4 Å². The molecule has 0 fully saturated rings. The third kappa shape index (κ3) is 50.5. The molecule has 0 aromatic carbocycles. The monoisotopic (exact) mass is 1140 g/mol. The van der Waals surface area contributed by atoms with Gasteiger partial charge in [-0.05, 0) is 20.4 Å². The third-order valence-corrected chi connectivity index (χ3v) is 12.8. The molecule has 0 saturated heterocycles. The van der Waals surface area contributed by atoms with Crippen molar-refractivity contribution in [3.05, 3.63) is 0 Å². The van der Waals surface area contributed by atoms with Gasteiger partial charge in [0.15, 0.2) is 0 Å². The quantitative estimate of drug-likeness (QED) is 0.0114. The first-order valence-electron chi connectivity index (χ1n) is 17.2. The maximum absolute atomic E-state index is 10.9. The Morgan fingerprint density at radius 2 is 0.815 bits per heavy atom. The van der Waals surface area contributed by atoms with E-state index in [1.165, 1.54) is 40.9 Å². The van der Waals surface area contributed by atoms with E-state index in [4.69, 9.17) is 15.4 Å². The van der Waals surface area contributed by atoms with Gasteiger partial charge < -0.3 is 35.1 Å². The first-order valence-corrected chi connectivity index (χ1v) is 29.8. The van der Waals surface area contributed by atoms with Crippen LogP contribution in [0.2, 0.25) is 0 Å². The maximum Gasteiger partial charge on any atom is 0.324 e. The zero-order chi connectivity index (χ0) is 52.9. The van der Waals surface area contributed by atoms with Gasteiger partial charge in [-0.1, -0.05) is 37.6 Å². The summed E-state index contributed by atoms with van der Waals surface area (Å²) in [6.45, 7) is 0. The fourth-order valence-corrected chi connectivity index (χ4v) is 9.28. The molecule has 65 heavy (non-hydrogen) atoms. The second-order valence-electron chi connectivity index (χ2n) is 12.3. The molecule has 27 nitrogen and oxygen atoms in total. The van der Waals surface area contributed by atoms with Crippen LogP contribution in [0.3, 0.4) is 0 Å². The fraction of sp³-hybridized carbons (Fsp3) is 0.786. The lowest BCUT2D eigenvalue weighted by Crippen LogP contribution is -2.45. The number of carbonyl (C=O) groups is 6. The summed E-state index contributed by atoms with van der Waals surface area (Å²) < 4.78 is 98.7. The van der Waals surface area contributed by atoms with Gasteiger partial charge in [0.05, 0.1) is 44.3 Å². The number of thioether (sulfide) groups is 1. The maximum atomic E-state index is 10.9. The van der Waals surface area contributed by atoms with Gasteiger partial charge in [0, 0.05) is 36.5 Å². The molecule has 10 N–H and O–H groups in total. The van der Waals surface area contributed by atoms with Crippen molar-refractivity contribution in [1.29, 1.82) is 0 Å².